The number of halogens is 2. The number of ether oxygens (including phenoxy) is 1. The first-order valence-corrected chi connectivity index (χ1v) is 6.03. The van der Waals surface area contributed by atoms with Gasteiger partial charge in [0.1, 0.15) is 6.54 Å². The number of carbonyl (C=O) groups is 1. The van der Waals surface area contributed by atoms with Gasteiger partial charge < -0.3 is 4.74 Å². The molecule has 0 unspecified atom stereocenters. The first-order valence-electron chi connectivity index (χ1n) is 5.27. The van der Waals surface area contributed by atoms with Gasteiger partial charge in [-0.1, -0.05) is 23.2 Å². The minimum atomic E-state index is -0.382. The zero-order valence-electron chi connectivity index (χ0n) is 9.82. The van der Waals surface area contributed by atoms with Gasteiger partial charge in [-0.2, -0.15) is 0 Å². The molecule has 0 N–H and O–H groups in total. The van der Waals surface area contributed by atoms with Crippen LogP contribution < -0.4 is 4.90 Å². The number of esters is 1. The fourth-order valence-electron chi connectivity index (χ4n) is 1.35. The third-order valence-electron chi connectivity index (χ3n) is 2.14. The van der Waals surface area contributed by atoms with Gasteiger partial charge in [0.25, 0.3) is 6.67 Å². The van der Waals surface area contributed by atoms with Gasteiger partial charge in [0.2, 0.25) is 0 Å². The molecule has 18 heavy (non-hydrogen) atoms. The van der Waals surface area contributed by atoms with Crippen molar-refractivity contribution in [2.45, 2.75) is 6.92 Å². The molecule has 0 aliphatic carbocycles. The molecule has 1 aromatic carbocycles. The van der Waals surface area contributed by atoms with Crippen LogP contribution in [-0.4, -0.2) is 25.8 Å². The van der Waals surface area contributed by atoms with Crippen LogP contribution in [0.15, 0.2) is 18.2 Å². The summed E-state index contributed by atoms with van der Waals surface area (Å²) in [5.41, 5.74) is 0.661. The number of benzene rings is 1. The Balaban J connectivity index is 2.87. The molecule has 0 aliphatic heterocycles. The first kappa shape index (κ1) is 14.6. The topological polar surface area (TPSA) is 33.9 Å². The average Bonchev–Trinajstić information content (AvgIpc) is 2.32. The van der Waals surface area contributed by atoms with Crippen LogP contribution in [0.1, 0.15) is 6.92 Å². The molecule has 0 aliphatic rings. The van der Waals surface area contributed by atoms with Crippen molar-refractivity contribution < 1.29 is 9.53 Å². The van der Waals surface area contributed by atoms with Crippen LogP contribution in [0.2, 0.25) is 10.0 Å². The molecule has 0 heterocycles. The highest BCUT2D eigenvalue weighted by atomic mass is 35.5. The Morgan fingerprint density at radius 3 is 2.72 bits per heavy atom. The van der Waals surface area contributed by atoms with E-state index in [0.29, 0.717) is 22.3 Å². The lowest BCUT2D eigenvalue weighted by Gasteiger charge is -2.18. The molecular formula is C12H12Cl2N2O2. The maximum absolute atomic E-state index is 11.4. The zero-order valence-corrected chi connectivity index (χ0v) is 11.3. The molecule has 0 amide bonds. The van der Waals surface area contributed by atoms with Gasteiger partial charge in [-0.25, -0.2) is 6.57 Å². The summed E-state index contributed by atoms with van der Waals surface area (Å²) in [7, 11) is 0. The van der Waals surface area contributed by atoms with E-state index in [1.54, 1.807) is 30.0 Å². The number of carbonyl (C=O) groups excluding carboxylic acids is 1. The van der Waals surface area contributed by atoms with Crippen molar-refractivity contribution in [1.29, 1.82) is 0 Å². The first-order chi connectivity index (χ1) is 8.58. The van der Waals surface area contributed by atoms with E-state index < -0.39 is 0 Å². The number of rotatable bonds is 5. The molecule has 1 aromatic rings. The lowest BCUT2D eigenvalue weighted by molar-refractivity contribution is -0.141. The van der Waals surface area contributed by atoms with E-state index in [9.17, 15) is 4.79 Å². The van der Waals surface area contributed by atoms with Gasteiger partial charge in [-0.05, 0) is 25.1 Å². The quantitative estimate of drug-likeness (QED) is 0.616. The van der Waals surface area contributed by atoms with Gasteiger partial charge in [0.05, 0.1) is 16.7 Å². The van der Waals surface area contributed by atoms with E-state index >= 15 is 0 Å². The standard InChI is InChI=1S/C12H12Cl2N2O2/c1-3-18-12(17)7-16(8-15-2)9-4-5-10(13)11(14)6-9/h4-6H,3,7-8H2,1H3. The molecule has 0 aromatic heterocycles. The summed E-state index contributed by atoms with van der Waals surface area (Å²) in [6.45, 7) is 9.00. The number of nitrogens with zero attached hydrogens (tertiary/aromatic N) is 2. The van der Waals surface area contributed by atoms with E-state index in [1.165, 1.54) is 0 Å². The van der Waals surface area contributed by atoms with E-state index in [4.69, 9.17) is 34.5 Å². The predicted octanol–water partition coefficient (Wildman–Crippen LogP) is 3.24. The van der Waals surface area contributed by atoms with E-state index in [1.807, 2.05) is 0 Å². The Kier molecular flexibility index (Phi) is 5.76. The summed E-state index contributed by atoms with van der Waals surface area (Å²) in [4.78, 5) is 16.3. The van der Waals surface area contributed by atoms with Crippen molar-refractivity contribution in [3.05, 3.63) is 39.7 Å². The summed E-state index contributed by atoms with van der Waals surface area (Å²) >= 11 is 11.7. The highest BCUT2D eigenvalue weighted by molar-refractivity contribution is 6.42. The summed E-state index contributed by atoms with van der Waals surface area (Å²) in [5.74, 6) is -0.382. The van der Waals surface area contributed by atoms with Crippen molar-refractivity contribution in [3.8, 4) is 0 Å². The molecule has 0 bridgehead atoms. The lowest BCUT2D eigenvalue weighted by atomic mass is 10.3. The van der Waals surface area contributed by atoms with Crippen LogP contribution >= 0.6 is 23.2 Å². The van der Waals surface area contributed by atoms with Gasteiger partial charge in [0, 0.05) is 5.69 Å². The Morgan fingerprint density at radius 1 is 1.44 bits per heavy atom. The minimum absolute atomic E-state index is 0.00812. The minimum Gasteiger partial charge on any atom is -0.465 e. The van der Waals surface area contributed by atoms with Crippen molar-refractivity contribution in [1.82, 2.24) is 0 Å². The Hall–Kier alpha value is -1.44. The molecule has 0 spiro atoms. The van der Waals surface area contributed by atoms with Gasteiger partial charge >= 0.3 is 5.97 Å². The van der Waals surface area contributed by atoms with Crippen molar-refractivity contribution >= 4 is 34.9 Å². The molecule has 0 atom stereocenters. The molecule has 6 heteroatoms. The molecular weight excluding hydrogens is 275 g/mol. The Morgan fingerprint density at radius 2 is 2.17 bits per heavy atom. The highest BCUT2D eigenvalue weighted by Crippen LogP contribution is 2.27. The zero-order chi connectivity index (χ0) is 13.5. The number of anilines is 1. The average molecular weight is 287 g/mol. The SMILES string of the molecule is [C-]#[N+]CN(CC(=O)OCC)c1ccc(Cl)c(Cl)c1. The second-order valence-electron chi connectivity index (χ2n) is 3.40. The van der Waals surface area contributed by atoms with Gasteiger partial charge in [-0.15, -0.1) is 0 Å². The van der Waals surface area contributed by atoms with Crippen molar-refractivity contribution in [3.63, 3.8) is 0 Å². The Bertz CT molecular complexity index is 472. The van der Waals surface area contributed by atoms with Crippen LogP contribution in [-0.2, 0) is 9.53 Å². The molecule has 96 valence electrons. The van der Waals surface area contributed by atoms with Crippen LogP contribution in [0, 0.1) is 6.57 Å². The number of hydrogen-bond acceptors (Lipinski definition) is 3. The summed E-state index contributed by atoms with van der Waals surface area (Å²) in [6, 6.07) is 4.95. The molecule has 1 rings (SSSR count). The maximum Gasteiger partial charge on any atom is 0.325 e. The smallest absolute Gasteiger partial charge is 0.325 e. The van der Waals surface area contributed by atoms with E-state index in [2.05, 4.69) is 4.85 Å². The third-order valence-corrected chi connectivity index (χ3v) is 2.87. The number of hydrogen-bond donors (Lipinski definition) is 0. The van der Waals surface area contributed by atoms with E-state index in [-0.39, 0.29) is 19.2 Å². The summed E-state index contributed by atoms with van der Waals surface area (Å²) < 4.78 is 4.85. The fourth-order valence-corrected chi connectivity index (χ4v) is 1.64. The van der Waals surface area contributed by atoms with Crippen LogP contribution in [0.4, 0.5) is 5.69 Å². The third kappa shape index (κ3) is 4.10. The molecule has 0 radical (unpaired) electrons. The lowest BCUT2D eigenvalue weighted by Crippen LogP contribution is -2.30. The van der Waals surface area contributed by atoms with Crippen LogP contribution in [0.5, 0.6) is 0 Å². The molecule has 0 fully saturated rings. The monoisotopic (exact) mass is 286 g/mol. The van der Waals surface area contributed by atoms with Gasteiger partial charge in [0.15, 0.2) is 0 Å². The van der Waals surface area contributed by atoms with Crippen molar-refractivity contribution in [2.75, 3.05) is 24.7 Å². The molecule has 4 nitrogen and oxygen atoms in total. The van der Waals surface area contributed by atoms with Crippen LogP contribution in [0.25, 0.3) is 4.85 Å². The maximum atomic E-state index is 11.4. The molecule has 0 saturated carbocycles. The summed E-state index contributed by atoms with van der Waals surface area (Å²) in [5, 5.41) is 0.812. The van der Waals surface area contributed by atoms with Crippen molar-refractivity contribution in [2.24, 2.45) is 0 Å². The van der Waals surface area contributed by atoms with E-state index in [0.717, 1.165) is 0 Å². The normalized spacial score (nSPS) is 9.67. The highest BCUT2D eigenvalue weighted by Gasteiger charge is 2.15. The largest absolute Gasteiger partial charge is 0.465 e. The molecule has 0 saturated heterocycles. The van der Waals surface area contributed by atoms with Gasteiger partial charge in [-0.3, -0.25) is 14.5 Å². The Labute approximate surface area is 116 Å². The predicted molar refractivity (Wildman–Crippen MR) is 71.9 cm³/mol. The second kappa shape index (κ2) is 7.10. The fraction of sp³-hybridized carbons (Fsp3) is 0.333. The second-order valence-corrected chi connectivity index (χ2v) is 4.22. The summed E-state index contributed by atoms with van der Waals surface area (Å²) in [6.07, 6.45) is 0. The van der Waals surface area contributed by atoms with Crippen LogP contribution in [0.3, 0.4) is 0 Å².